The average molecular weight is 340 g/mol. The van der Waals surface area contributed by atoms with Crippen molar-refractivity contribution in [2.24, 2.45) is 11.8 Å². The number of carboxylic acids is 1. The van der Waals surface area contributed by atoms with Crippen LogP contribution in [-0.4, -0.2) is 39.9 Å². The lowest BCUT2D eigenvalue weighted by Gasteiger charge is -2.42. The van der Waals surface area contributed by atoms with E-state index in [4.69, 9.17) is 11.6 Å². The maximum atomic E-state index is 12.8. The number of carbonyl (C=O) groups excluding carboxylic acids is 1. The quantitative estimate of drug-likeness (QED) is 0.919. The van der Waals surface area contributed by atoms with Gasteiger partial charge in [0.25, 0.3) is 0 Å². The normalized spacial score (nSPS) is 28.0. The van der Waals surface area contributed by atoms with E-state index >= 15 is 0 Å². The Hall–Kier alpha value is -1.20. The number of aliphatic carboxylic acids is 1. The number of benzene rings is 1. The van der Waals surface area contributed by atoms with Gasteiger partial charge in [0.15, 0.2) is 0 Å². The van der Waals surface area contributed by atoms with Gasteiger partial charge in [-0.05, 0) is 30.5 Å². The van der Waals surface area contributed by atoms with Gasteiger partial charge in [-0.1, -0.05) is 23.7 Å². The van der Waals surface area contributed by atoms with Crippen LogP contribution in [0.2, 0.25) is 5.02 Å². The zero-order valence-electron chi connectivity index (χ0n) is 12.1. The first-order valence-electron chi connectivity index (χ1n) is 7.44. The van der Waals surface area contributed by atoms with Crippen molar-refractivity contribution in [2.45, 2.75) is 18.9 Å². The molecule has 1 amide bonds. The summed E-state index contributed by atoms with van der Waals surface area (Å²) in [6, 6.07) is 7.59. The van der Waals surface area contributed by atoms with E-state index in [0.717, 1.165) is 17.1 Å². The first-order valence-corrected chi connectivity index (χ1v) is 8.97. The Balaban J connectivity index is 1.79. The minimum atomic E-state index is -0.848. The van der Waals surface area contributed by atoms with Crippen LogP contribution < -0.4 is 0 Å². The second-order valence-electron chi connectivity index (χ2n) is 5.80. The van der Waals surface area contributed by atoms with Gasteiger partial charge < -0.3 is 10.0 Å². The number of carbonyl (C=O) groups is 2. The predicted molar refractivity (Wildman–Crippen MR) is 87.1 cm³/mol. The fourth-order valence-corrected chi connectivity index (χ4v) is 4.35. The Morgan fingerprint density at radius 3 is 2.45 bits per heavy atom. The number of hydrogen-bond acceptors (Lipinski definition) is 3. The van der Waals surface area contributed by atoms with Crippen LogP contribution >= 0.6 is 23.4 Å². The molecule has 2 aliphatic rings. The van der Waals surface area contributed by atoms with Gasteiger partial charge in [-0.15, -0.1) is 0 Å². The monoisotopic (exact) mass is 339 g/mol. The van der Waals surface area contributed by atoms with Gasteiger partial charge in [0, 0.05) is 23.1 Å². The molecule has 3 rings (SSSR count). The molecule has 3 atom stereocenters. The van der Waals surface area contributed by atoms with E-state index < -0.39 is 11.9 Å². The third-order valence-corrected chi connectivity index (χ3v) is 5.85. The Morgan fingerprint density at radius 2 is 1.86 bits per heavy atom. The summed E-state index contributed by atoms with van der Waals surface area (Å²) in [7, 11) is 0. The smallest absolute Gasteiger partial charge is 0.307 e. The summed E-state index contributed by atoms with van der Waals surface area (Å²) in [5.41, 5.74) is 1.07. The highest BCUT2D eigenvalue weighted by molar-refractivity contribution is 7.99. The number of thioether (sulfide) groups is 1. The van der Waals surface area contributed by atoms with Gasteiger partial charge >= 0.3 is 5.97 Å². The van der Waals surface area contributed by atoms with E-state index in [1.54, 1.807) is 0 Å². The van der Waals surface area contributed by atoms with Crippen molar-refractivity contribution in [1.29, 1.82) is 0 Å². The Bertz CT molecular complexity index is 577. The van der Waals surface area contributed by atoms with E-state index in [2.05, 4.69) is 0 Å². The summed E-state index contributed by atoms with van der Waals surface area (Å²) in [6.45, 7) is 0.680. The molecule has 2 fully saturated rings. The molecule has 0 radical (unpaired) electrons. The predicted octanol–water partition coefficient (Wildman–Crippen LogP) is 3.07. The summed E-state index contributed by atoms with van der Waals surface area (Å²) < 4.78 is 0. The fourth-order valence-electron chi connectivity index (χ4n) is 3.13. The number of carboxylic acid groups (broad SMARTS) is 1. The molecule has 1 heterocycles. The van der Waals surface area contributed by atoms with Crippen LogP contribution in [0.5, 0.6) is 0 Å². The van der Waals surface area contributed by atoms with E-state index in [1.807, 2.05) is 40.9 Å². The molecule has 1 N–H and O–H groups in total. The lowest BCUT2D eigenvalue weighted by Crippen LogP contribution is -2.49. The molecule has 1 saturated carbocycles. The molecule has 1 aliphatic heterocycles. The molecule has 1 aliphatic carbocycles. The topological polar surface area (TPSA) is 57.6 Å². The molecular formula is C16H18ClNO3S. The molecule has 3 unspecified atom stereocenters. The van der Waals surface area contributed by atoms with Gasteiger partial charge in [0.05, 0.1) is 17.9 Å². The van der Waals surface area contributed by atoms with Crippen LogP contribution in [0.3, 0.4) is 0 Å². The summed E-state index contributed by atoms with van der Waals surface area (Å²) in [6.07, 6.45) is 1.30. The van der Waals surface area contributed by atoms with Crippen molar-refractivity contribution in [3.8, 4) is 0 Å². The summed E-state index contributed by atoms with van der Waals surface area (Å²) in [4.78, 5) is 25.8. The molecule has 1 saturated heterocycles. The molecule has 4 nitrogen and oxygen atoms in total. The molecule has 0 bridgehead atoms. The molecular weight excluding hydrogens is 322 g/mol. The third kappa shape index (κ3) is 2.97. The SMILES string of the molecule is O=C(O)C1CCC1C(=O)N1CCSCC1c1ccc(Cl)cc1. The average Bonchev–Trinajstić information content (AvgIpc) is 2.46. The largest absolute Gasteiger partial charge is 0.481 e. The minimum absolute atomic E-state index is 0.00102. The molecule has 0 aromatic heterocycles. The highest BCUT2D eigenvalue weighted by atomic mass is 35.5. The van der Waals surface area contributed by atoms with Crippen molar-refractivity contribution in [1.82, 2.24) is 4.90 Å². The van der Waals surface area contributed by atoms with E-state index in [-0.39, 0.29) is 17.9 Å². The number of amides is 1. The first-order chi connectivity index (χ1) is 10.6. The van der Waals surface area contributed by atoms with Crippen LogP contribution in [0.25, 0.3) is 0 Å². The van der Waals surface area contributed by atoms with Crippen LogP contribution in [0, 0.1) is 11.8 Å². The first kappa shape index (κ1) is 15.7. The summed E-state index contributed by atoms with van der Waals surface area (Å²) >= 11 is 7.76. The van der Waals surface area contributed by atoms with Gasteiger partial charge in [0.2, 0.25) is 5.91 Å². The zero-order chi connectivity index (χ0) is 15.7. The Kier molecular flexibility index (Phi) is 4.64. The maximum Gasteiger partial charge on any atom is 0.307 e. The van der Waals surface area contributed by atoms with Crippen molar-refractivity contribution >= 4 is 35.2 Å². The van der Waals surface area contributed by atoms with Crippen molar-refractivity contribution in [2.75, 3.05) is 18.1 Å². The number of nitrogens with zero attached hydrogens (tertiary/aromatic N) is 1. The van der Waals surface area contributed by atoms with Crippen LogP contribution in [0.15, 0.2) is 24.3 Å². The number of rotatable bonds is 3. The van der Waals surface area contributed by atoms with Gasteiger partial charge in [0.1, 0.15) is 0 Å². The molecule has 118 valence electrons. The molecule has 6 heteroatoms. The molecule has 1 aromatic rings. The van der Waals surface area contributed by atoms with Crippen LogP contribution in [-0.2, 0) is 9.59 Å². The van der Waals surface area contributed by atoms with Crippen LogP contribution in [0.1, 0.15) is 24.4 Å². The zero-order valence-corrected chi connectivity index (χ0v) is 13.6. The van der Waals surface area contributed by atoms with Gasteiger partial charge in [-0.25, -0.2) is 0 Å². The second-order valence-corrected chi connectivity index (χ2v) is 7.39. The van der Waals surface area contributed by atoms with Crippen LogP contribution in [0.4, 0.5) is 0 Å². The maximum absolute atomic E-state index is 12.8. The Morgan fingerprint density at radius 1 is 1.18 bits per heavy atom. The van der Waals surface area contributed by atoms with E-state index in [1.165, 1.54) is 0 Å². The highest BCUT2D eigenvalue weighted by Crippen LogP contribution is 2.39. The summed E-state index contributed by atoms with van der Waals surface area (Å²) in [5, 5.41) is 9.85. The fraction of sp³-hybridized carbons (Fsp3) is 0.500. The molecule has 1 aromatic carbocycles. The lowest BCUT2D eigenvalue weighted by molar-refractivity contribution is -0.157. The molecule has 0 spiro atoms. The van der Waals surface area contributed by atoms with E-state index in [9.17, 15) is 14.7 Å². The lowest BCUT2D eigenvalue weighted by atomic mass is 9.72. The molecule has 22 heavy (non-hydrogen) atoms. The minimum Gasteiger partial charge on any atom is -0.481 e. The number of hydrogen-bond donors (Lipinski definition) is 1. The van der Waals surface area contributed by atoms with Crippen molar-refractivity contribution in [3.05, 3.63) is 34.9 Å². The number of halogens is 1. The van der Waals surface area contributed by atoms with Crippen molar-refractivity contribution in [3.63, 3.8) is 0 Å². The van der Waals surface area contributed by atoms with Crippen molar-refractivity contribution < 1.29 is 14.7 Å². The van der Waals surface area contributed by atoms with E-state index in [0.29, 0.717) is 24.4 Å². The van der Waals surface area contributed by atoms with Gasteiger partial charge in [-0.2, -0.15) is 11.8 Å². The Labute approximate surface area is 138 Å². The third-order valence-electron chi connectivity index (χ3n) is 4.58. The second kappa shape index (κ2) is 6.50. The summed E-state index contributed by atoms with van der Waals surface area (Å²) in [5.74, 6) is 0.0410. The highest BCUT2D eigenvalue weighted by Gasteiger charge is 2.44. The van der Waals surface area contributed by atoms with Gasteiger partial charge in [-0.3, -0.25) is 9.59 Å². The standard InChI is InChI=1S/C16H18ClNO3S/c17-11-3-1-10(2-4-11)14-9-22-8-7-18(14)15(19)12-5-6-13(12)16(20)21/h1-4,12-14H,5-9H2,(H,20,21).